The highest BCUT2D eigenvalue weighted by Gasteiger charge is 2.06. The van der Waals surface area contributed by atoms with E-state index in [0.29, 0.717) is 12.0 Å². The molecule has 3 nitrogen and oxygen atoms in total. The topological polar surface area (TPSA) is 46.5 Å². The van der Waals surface area contributed by atoms with Crippen LogP contribution in [0.2, 0.25) is 0 Å². The summed E-state index contributed by atoms with van der Waals surface area (Å²) in [5, 5.41) is 9.41. The second-order valence-electron chi connectivity index (χ2n) is 3.05. The minimum atomic E-state index is -0.529. The van der Waals surface area contributed by atoms with Crippen molar-refractivity contribution < 1.29 is 14.6 Å². The first-order chi connectivity index (χ1) is 6.11. The Labute approximate surface area is 79.4 Å². The minimum Gasteiger partial charge on any atom is -0.466 e. The molecule has 0 aromatic rings. The molecule has 0 aliphatic rings. The second kappa shape index (κ2) is 6.66. The summed E-state index contributed by atoms with van der Waals surface area (Å²) in [6, 6.07) is 0. The molecule has 1 unspecified atom stereocenters. The maximum absolute atomic E-state index is 10.9. The van der Waals surface area contributed by atoms with Crippen LogP contribution >= 0.6 is 0 Å². The van der Waals surface area contributed by atoms with Gasteiger partial charge < -0.3 is 9.84 Å². The summed E-state index contributed by atoms with van der Waals surface area (Å²) in [5.74, 6) is -0.379. The molecule has 76 valence electrons. The highest BCUT2D eigenvalue weighted by Crippen LogP contribution is 2.05. The lowest BCUT2D eigenvalue weighted by molar-refractivity contribution is -0.136. The number of aliphatic hydroxyl groups is 1. The van der Waals surface area contributed by atoms with Gasteiger partial charge in [0.15, 0.2) is 0 Å². The van der Waals surface area contributed by atoms with Crippen molar-refractivity contribution in [2.24, 2.45) is 0 Å². The first kappa shape index (κ1) is 12.2. The summed E-state index contributed by atoms with van der Waals surface area (Å²) in [4.78, 5) is 10.9. The first-order valence-electron chi connectivity index (χ1n) is 4.56. The van der Waals surface area contributed by atoms with E-state index >= 15 is 0 Å². The Kier molecular flexibility index (Phi) is 6.24. The van der Waals surface area contributed by atoms with Gasteiger partial charge in [0, 0.05) is 5.57 Å². The first-order valence-corrected chi connectivity index (χ1v) is 4.56. The highest BCUT2D eigenvalue weighted by molar-refractivity contribution is 5.87. The predicted molar refractivity (Wildman–Crippen MR) is 51.3 cm³/mol. The van der Waals surface area contributed by atoms with Crippen LogP contribution in [0.4, 0.5) is 0 Å². The lowest BCUT2D eigenvalue weighted by Gasteiger charge is -2.05. The Morgan fingerprint density at radius 2 is 2.23 bits per heavy atom. The Bertz CT molecular complexity index is 185. The minimum absolute atomic E-state index is 0.379. The molecule has 0 rings (SSSR count). The van der Waals surface area contributed by atoms with Crippen molar-refractivity contribution in [1.82, 2.24) is 0 Å². The molecule has 1 N–H and O–H groups in total. The number of ether oxygens (including phenoxy) is 1. The van der Waals surface area contributed by atoms with Crippen molar-refractivity contribution in [1.29, 1.82) is 0 Å². The zero-order chi connectivity index (χ0) is 10.3. The van der Waals surface area contributed by atoms with E-state index < -0.39 is 6.10 Å². The van der Waals surface area contributed by atoms with Crippen LogP contribution in [0.25, 0.3) is 0 Å². The number of carbonyl (C=O) groups excluding carboxylic acids is 1. The van der Waals surface area contributed by atoms with E-state index in [0.717, 1.165) is 12.8 Å². The molecule has 0 amide bonds. The van der Waals surface area contributed by atoms with Crippen LogP contribution in [0, 0.1) is 0 Å². The smallest absolute Gasteiger partial charge is 0.333 e. The summed E-state index contributed by atoms with van der Waals surface area (Å²) in [6.45, 7) is 3.70. The van der Waals surface area contributed by atoms with Gasteiger partial charge in [0.1, 0.15) is 0 Å². The van der Waals surface area contributed by atoms with Crippen LogP contribution in [0.3, 0.4) is 0 Å². The summed E-state index contributed by atoms with van der Waals surface area (Å²) in [5.41, 5.74) is 0.464. The summed E-state index contributed by atoms with van der Waals surface area (Å²) in [6.07, 6.45) is 3.72. The maximum Gasteiger partial charge on any atom is 0.333 e. The second-order valence-corrected chi connectivity index (χ2v) is 3.05. The van der Waals surface area contributed by atoms with Gasteiger partial charge in [0.25, 0.3) is 0 Å². The van der Waals surface area contributed by atoms with Gasteiger partial charge in [-0.3, -0.25) is 0 Å². The molecular weight excluding hydrogens is 168 g/mol. The van der Waals surface area contributed by atoms with Crippen LogP contribution in [0.15, 0.2) is 11.6 Å². The molecule has 0 radical (unpaired) electrons. The molecule has 0 aliphatic carbocycles. The SMILES string of the molecule is CCCCC(O)/C=C(\C)C(=O)OC. The summed E-state index contributed by atoms with van der Waals surface area (Å²) >= 11 is 0. The number of esters is 1. The van der Waals surface area contributed by atoms with Crippen LogP contribution in [0.5, 0.6) is 0 Å². The van der Waals surface area contributed by atoms with Crippen LogP contribution in [-0.4, -0.2) is 24.3 Å². The number of carbonyl (C=O) groups is 1. The number of rotatable bonds is 5. The largest absolute Gasteiger partial charge is 0.466 e. The molecule has 1 atom stereocenters. The Morgan fingerprint density at radius 3 is 2.69 bits per heavy atom. The molecule has 0 heterocycles. The monoisotopic (exact) mass is 186 g/mol. The molecule has 0 aliphatic heterocycles. The molecule has 0 spiro atoms. The Hall–Kier alpha value is -0.830. The average molecular weight is 186 g/mol. The fourth-order valence-corrected chi connectivity index (χ4v) is 1.01. The third kappa shape index (κ3) is 5.42. The number of aliphatic hydroxyl groups excluding tert-OH is 1. The van der Waals surface area contributed by atoms with E-state index in [1.807, 2.05) is 0 Å². The zero-order valence-electron chi connectivity index (χ0n) is 8.54. The van der Waals surface area contributed by atoms with Crippen molar-refractivity contribution in [3.63, 3.8) is 0 Å². The van der Waals surface area contributed by atoms with E-state index in [9.17, 15) is 9.90 Å². The molecule has 0 fully saturated rings. The fourth-order valence-electron chi connectivity index (χ4n) is 1.01. The van der Waals surface area contributed by atoms with E-state index in [-0.39, 0.29) is 5.97 Å². The van der Waals surface area contributed by atoms with Gasteiger partial charge in [-0.05, 0) is 19.4 Å². The van der Waals surface area contributed by atoms with E-state index in [4.69, 9.17) is 0 Å². The standard InChI is InChI=1S/C10H18O3/c1-4-5-6-9(11)7-8(2)10(12)13-3/h7,9,11H,4-6H2,1-3H3/b8-7+. The molecule has 3 heteroatoms. The molecular formula is C10H18O3. The Balaban J connectivity index is 3.97. The van der Waals surface area contributed by atoms with E-state index in [1.54, 1.807) is 13.0 Å². The summed E-state index contributed by atoms with van der Waals surface area (Å²) in [7, 11) is 1.33. The van der Waals surface area contributed by atoms with Gasteiger partial charge >= 0.3 is 5.97 Å². The van der Waals surface area contributed by atoms with Crippen molar-refractivity contribution in [3.8, 4) is 0 Å². The van der Waals surface area contributed by atoms with Gasteiger partial charge in [0.05, 0.1) is 13.2 Å². The normalized spacial score (nSPS) is 14.0. The zero-order valence-corrected chi connectivity index (χ0v) is 8.54. The predicted octanol–water partition coefficient (Wildman–Crippen LogP) is 1.66. The molecule has 0 aromatic carbocycles. The molecule has 13 heavy (non-hydrogen) atoms. The molecule has 0 bridgehead atoms. The number of methoxy groups -OCH3 is 1. The van der Waals surface area contributed by atoms with Crippen LogP contribution < -0.4 is 0 Å². The highest BCUT2D eigenvalue weighted by atomic mass is 16.5. The van der Waals surface area contributed by atoms with Gasteiger partial charge in [0.2, 0.25) is 0 Å². The number of unbranched alkanes of at least 4 members (excludes halogenated alkanes) is 1. The number of hydrogen-bond donors (Lipinski definition) is 1. The van der Waals surface area contributed by atoms with E-state index in [2.05, 4.69) is 11.7 Å². The average Bonchev–Trinajstić information content (AvgIpc) is 2.13. The molecule has 0 aromatic heterocycles. The van der Waals surface area contributed by atoms with Crippen LogP contribution in [0.1, 0.15) is 33.1 Å². The molecule has 0 saturated carbocycles. The molecule has 0 saturated heterocycles. The van der Waals surface area contributed by atoms with Gasteiger partial charge in [-0.2, -0.15) is 0 Å². The fraction of sp³-hybridized carbons (Fsp3) is 0.700. The summed E-state index contributed by atoms with van der Waals surface area (Å²) < 4.78 is 4.50. The van der Waals surface area contributed by atoms with Gasteiger partial charge in [-0.1, -0.05) is 19.8 Å². The number of hydrogen-bond acceptors (Lipinski definition) is 3. The van der Waals surface area contributed by atoms with Gasteiger partial charge in [-0.15, -0.1) is 0 Å². The third-order valence-electron chi connectivity index (χ3n) is 1.80. The lowest BCUT2D eigenvalue weighted by Crippen LogP contribution is -2.08. The van der Waals surface area contributed by atoms with Crippen LogP contribution in [-0.2, 0) is 9.53 Å². The van der Waals surface area contributed by atoms with Crippen molar-refractivity contribution in [2.75, 3.05) is 7.11 Å². The van der Waals surface area contributed by atoms with E-state index in [1.165, 1.54) is 7.11 Å². The maximum atomic E-state index is 10.9. The third-order valence-corrected chi connectivity index (χ3v) is 1.80. The quantitative estimate of drug-likeness (QED) is 0.524. The lowest BCUT2D eigenvalue weighted by atomic mass is 10.1. The van der Waals surface area contributed by atoms with Gasteiger partial charge in [-0.25, -0.2) is 4.79 Å². The van der Waals surface area contributed by atoms with Crippen molar-refractivity contribution in [3.05, 3.63) is 11.6 Å². The Morgan fingerprint density at radius 1 is 1.62 bits per heavy atom. The van der Waals surface area contributed by atoms with Crippen molar-refractivity contribution in [2.45, 2.75) is 39.2 Å². The van der Waals surface area contributed by atoms with Crippen molar-refractivity contribution >= 4 is 5.97 Å².